The zero-order chi connectivity index (χ0) is 13.2. The van der Waals surface area contributed by atoms with Crippen LogP contribution in [0.5, 0.6) is 11.8 Å². The van der Waals surface area contributed by atoms with Crippen LogP contribution in [0.2, 0.25) is 0 Å². The number of ether oxygens (including phenoxy) is 2. The second-order valence-electron chi connectivity index (χ2n) is 4.32. The van der Waals surface area contributed by atoms with Crippen molar-refractivity contribution in [2.45, 2.75) is 13.3 Å². The average molecular weight is 257 g/mol. The number of nitrogens with zero attached hydrogens (tertiary/aromatic N) is 1. The van der Waals surface area contributed by atoms with Crippen LogP contribution < -0.4 is 4.84 Å². The number of carbonyl (C=O) groups is 1. The van der Waals surface area contributed by atoms with Gasteiger partial charge in [0, 0.05) is 12.1 Å². The fourth-order valence-corrected chi connectivity index (χ4v) is 1.59. The van der Waals surface area contributed by atoms with E-state index in [1.165, 1.54) is 12.1 Å². The molecule has 7 heteroatoms. The van der Waals surface area contributed by atoms with E-state index in [4.69, 9.17) is 9.47 Å². The largest absolute Gasteiger partial charge is 0.533 e. The summed E-state index contributed by atoms with van der Waals surface area (Å²) >= 11 is 0. The molecule has 1 aliphatic rings. The Bertz CT molecular complexity index is 412. The summed E-state index contributed by atoms with van der Waals surface area (Å²) in [6.07, 6.45) is -0.156. The van der Waals surface area contributed by atoms with E-state index in [1.54, 1.807) is 0 Å². The summed E-state index contributed by atoms with van der Waals surface area (Å²) in [7, 11) is 0. The molecule has 0 bridgehead atoms. The lowest BCUT2D eigenvalue weighted by atomic mass is 9.84. The molecule has 0 atom stereocenters. The Morgan fingerprint density at radius 2 is 2.06 bits per heavy atom. The number of hydrogen-bond acceptors (Lipinski definition) is 6. The Kier molecular flexibility index (Phi) is 3.33. The Morgan fingerprint density at radius 1 is 1.44 bits per heavy atom. The van der Waals surface area contributed by atoms with Gasteiger partial charge in [-0.05, 0) is 6.42 Å². The van der Waals surface area contributed by atoms with Gasteiger partial charge in [-0.1, -0.05) is 6.92 Å². The summed E-state index contributed by atoms with van der Waals surface area (Å²) in [6.45, 7) is 3.28. The van der Waals surface area contributed by atoms with Crippen molar-refractivity contribution in [1.82, 2.24) is 4.73 Å². The van der Waals surface area contributed by atoms with Gasteiger partial charge in [0.2, 0.25) is 11.8 Å². The predicted octanol–water partition coefficient (Wildman–Crippen LogP) is 0.891. The Balaban J connectivity index is 1.86. The molecule has 0 unspecified atom stereocenters. The van der Waals surface area contributed by atoms with Crippen molar-refractivity contribution < 1.29 is 29.3 Å². The highest BCUT2D eigenvalue weighted by Gasteiger charge is 2.38. The van der Waals surface area contributed by atoms with Crippen molar-refractivity contribution in [3.05, 3.63) is 12.1 Å². The van der Waals surface area contributed by atoms with E-state index in [2.05, 4.69) is 4.84 Å². The van der Waals surface area contributed by atoms with E-state index >= 15 is 0 Å². The first-order valence-electron chi connectivity index (χ1n) is 5.59. The molecule has 0 spiro atoms. The van der Waals surface area contributed by atoms with Crippen molar-refractivity contribution in [3.63, 3.8) is 0 Å². The molecule has 1 aromatic rings. The SMILES string of the molecule is CCC1(COC(=O)On2c(O)ccc2O)COC1. The summed E-state index contributed by atoms with van der Waals surface area (Å²) in [5.74, 6) is -0.775. The van der Waals surface area contributed by atoms with E-state index in [0.717, 1.165) is 6.42 Å². The van der Waals surface area contributed by atoms with E-state index in [-0.39, 0.29) is 23.8 Å². The third-order valence-electron chi connectivity index (χ3n) is 3.03. The molecule has 100 valence electrons. The first-order valence-corrected chi connectivity index (χ1v) is 5.59. The molecular weight excluding hydrogens is 242 g/mol. The highest BCUT2D eigenvalue weighted by atomic mass is 16.8. The van der Waals surface area contributed by atoms with E-state index in [1.807, 2.05) is 6.92 Å². The predicted molar refractivity (Wildman–Crippen MR) is 59.2 cm³/mol. The third kappa shape index (κ3) is 2.35. The van der Waals surface area contributed by atoms with Gasteiger partial charge in [-0.2, -0.15) is 0 Å². The van der Waals surface area contributed by atoms with Crippen LogP contribution >= 0.6 is 0 Å². The number of aromatic nitrogens is 1. The quantitative estimate of drug-likeness (QED) is 0.778. The van der Waals surface area contributed by atoms with Gasteiger partial charge in [0.25, 0.3) is 0 Å². The first-order chi connectivity index (χ1) is 8.56. The maximum absolute atomic E-state index is 11.4. The molecule has 0 amide bonds. The van der Waals surface area contributed by atoms with E-state index in [9.17, 15) is 15.0 Å². The van der Waals surface area contributed by atoms with Gasteiger partial charge in [-0.3, -0.25) is 4.84 Å². The van der Waals surface area contributed by atoms with Crippen molar-refractivity contribution in [1.29, 1.82) is 0 Å². The van der Waals surface area contributed by atoms with Crippen molar-refractivity contribution in [2.24, 2.45) is 5.41 Å². The zero-order valence-corrected chi connectivity index (χ0v) is 9.96. The minimum absolute atomic E-state index is 0.139. The Morgan fingerprint density at radius 3 is 2.50 bits per heavy atom. The third-order valence-corrected chi connectivity index (χ3v) is 3.03. The highest BCUT2D eigenvalue weighted by Crippen LogP contribution is 2.31. The summed E-state index contributed by atoms with van der Waals surface area (Å²) in [4.78, 5) is 16.0. The van der Waals surface area contributed by atoms with Crippen LogP contribution in [0.15, 0.2) is 12.1 Å². The molecule has 7 nitrogen and oxygen atoms in total. The summed E-state index contributed by atoms with van der Waals surface area (Å²) < 4.78 is 10.6. The number of rotatable bonds is 4. The second kappa shape index (κ2) is 4.77. The average Bonchev–Trinajstić information content (AvgIpc) is 2.60. The molecule has 2 rings (SSSR count). The summed E-state index contributed by atoms with van der Waals surface area (Å²) in [5, 5.41) is 18.5. The second-order valence-corrected chi connectivity index (χ2v) is 4.32. The zero-order valence-electron chi connectivity index (χ0n) is 9.96. The van der Waals surface area contributed by atoms with Gasteiger partial charge in [0.15, 0.2) is 0 Å². The van der Waals surface area contributed by atoms with E-state index < -0.39 is 6.16 Å². The Labute approximate surface area is 103 Å². The van der Waals surface area contributed by atoms with Gasteiger partial charge < -0.3 is 19.7 Å². The Hall–Kier alpha value is -1.89. The van der Waals surface area contributed by atoms with Gasteiger partial charge in [-0.25, -0.2) is 4.79 Å². The van der Waals surface area contributed by atoms with Crippen molar-refractivity contribution in [3.8, 4) is 11.8 Å². The van der Waals surface area contributed by atoms with Gasteiger partial charge >= 0.3 is 6.16 Å². The molecular formula is C11H15NO6. The number of carbonyl (C=O) groups excluding carboxylic acids is 1. The standard InChI is InChI=1S/C11H15NO6/c1-2-11(5-16-6-11)7-17-10(15)18-12-8(13)3-4-9(12)14/h3-4,13-14H,2,5-7H2,1H3. The van der Waals surface area contributed by atoms with Gasteiger partial charge in [0.1, 0.15) is 6.61 Å². The van der Waals surface area contributed by atoms with Gasteiger partial charge in [0.05, 0.1) is 18.6 Å². The maximum atomic E-state index is 11.4. The van der Waals surface area contributed by atoms with Crippen LogP contribution in [-0.4, -0.2) is 40.9 Å². The topological polar surface area (TPSA) is 90.2 Å². The molecule has 1 aliphatic heterocycles. The summed E-state index contributed by atoms with van der Waals surface area (Å²) in [5.41, 5.74) is -0.139. The lowest BCUT2D eigenvalue weighted by molar-refractivity contribution is -0.143. The van der Waals surface area contributed by atoms with Crippen LogP contribution in [0.3, 0.4) is 0 Å². The minimum Gasteiger partial charge on any atom is -0.492 e. The minimum atomic E-state index is -0.989. The summed E-state index contributed by atoms with van der Waals surface area (Å²) in [6, 6.07) is 2.38. The van der Waals surface area contributed by atoms with Crippen LogP contribution in [0.25, 0.3) is 0 Å². The lowest BCUT2D eigenvalue weighted by Gasteiger charge is -2.39. The normalized spacial score (nSPS) is 16.9. The highest BCUT2D eigenvalue weighted by molar-refractivity contribution is 5.60. The van der Waals surface area contributed by atoms with Crippen LogP contribution in [0.4, 0.5) is 4.79 Å². The van der Waals surface area contributed by atoms with Crippen LogP contribution in [0, 0.1) is 5.41 Å². The molecule has 18 heavy (non-hydrogen) atoms. The fraction of sp³-hybridized carbons (Fsp3) is 0.545. The molecule has 1 saturated heterocycles. The molecule has 2 N–H and O–H groups in total. The lowest BCUT2D eigenvalue weighted by Crippen LogP contribution is -2.46. The van der Waals surface area contributed by atoms with Crippen molar-refractivity contribution in [2.75, 3.05) is 19.8 Å². The number of aromatic hydroxyl groups is 2. The fourth-order valence-electron chi connectivity index (χ4n) is 1.59. The molecule has 2 heterocycles. The monoisotopic (exact) mass is 257 g/mol. The molecule has 0 radical (unpaired) electrons. The number of hydrogen-bond donors (Lipinski definition) is 2. The van der Waals surface area contributed by atoms with Crippen molar-refractivity contribution >= 4 is 6.16 Å². The molecule has 0 saturated carbocycles. The maximum Gasteiger partial charge on any atom is 0.533 e. The van der Waals surface area contributed by atoms with Crippen LogP contribution in [-0.2, 0) is 9.47 Å². The molecule has 1 aromatic heterocycles. The molecule has 0 aromatic carbocycles. The van der Waals surface area contributed by atoms with Gasteiger partial charge in [-0.15, -0.1) is 4.73 Å². The first kappa shape index (κ1) is 12.6. The molecule has 1 fully saturated rings. The molecule has 0 aliphatic carbocycles. The van der Waals surface area contributed by atoms with Crippen LogP contribution in [0.1, 0.15) is 13.3 Å². The van der Waals surface area contributed by atoms with E-state index in [0.29, 0.717) is 17.9 Å². The smallest absolute Gasteiger partial charge is 0.492 e.